The van der Waals surface area contributed by atoms with Crippen molar-refractivity contribution in [1.29, 1.82) is 0 Å². The van der Waals surface area contributed by atoms with Gasteiger partial charge in [0, 0.05) is 18.1 Å². The molecule has 1 unspecified atom stereocenters. The van der Waals surface area contributed by atoms with Crippen LogP contribution in [0.4, 0.5) is 0 Å². The molecule has 0 radical (unpaired) electrons. The molecule has 30 heavy (non-hydrogen) atoms. The first-order valence-corrected chi connectivity index (χ1v) is 10.8. The number of rotatable bonds is 5. The van der Waals surface area contributed by atoms with Gasteiger partial charge in [0.05, 0.1) is 0 Å². The van der Waals surface area contributed by atoms with E-state index in [-0.39, 0.29) is 0 Å². The molecule has 5 nitrogen and oxygen atoms in total. The topological polar surface area (TPSA) is 77.8 Å². The maximum absolute atomic E-state index is 9.55. The normalized spacial score (nSPS) is 20.9. The van der Waals surface area contributed by atoms with E-state index in [0.717, 1.165) is 0 Å². The molecule has 160 valence electrons. The summed E-state index contributed by atoms with van der Waals surface area (Å²) in [4.78, 5) is 21.8. The van der Waals surface area contributed by atoms with Crippen LogP contribution in [-0.2, 0) is 16.0 Å². The van der Waals surface area contributed by atoms with Crippen molar-refractivity contribution in [3.63, 3.8) is 0 Å². The van der Waals surface area contributed by atoms with E-state index in [1.54, 1.807) is 22.3 Å². The molecule has 2 N–H and O–H groups in total. The molecule has 0 aromatic heterocycles. The van der Waals surface area contributed by atoms with E-state index in [1.165, 1.54) is 64.6 Å². The van der Waals surface area contributed by atoms with Crippen LogP contribution < -0.4 is 0 Å². The SMILES string of the molecule is C1=CCC2=C(C1)CCc1ccccc1C2CCN1CCCC1.O=C(O)/C=C\C(=O)O. The zero-order chi connectivity index (χ0) is 21.3. The Labute approximate surface area is 178 Å². The number of allylic oxidation sites excluding steroid dienone is 4. The molecule has 0 saturated carbocycles. The van der Waals surface area contributed by atoms with Crippen LogP contribution in [-0.4, -0.2) is 46.7 Å². The minimum atomic E-state index is -1.26. The predicted octanol–water partition coefficient (Wildman–Crippen LogP) is 4.56. The molecule has 0 amide bonds. The third kappa shape index (κ3) is 6.17. The van der Waals surface area contributed by atoms with Crippen molar-refractivity contribution in [1.82, 2.24) is 4.90 Å². The first-order chi connectivity index (χ1) is 14.5. The molecule has 1 aliphatic heterocycles. The number of carbonyl (C=O) groups is 2. The van der Waals surface area contributed by atoms with Gasteiger partial charge in [0.1, 0.15) is 0 Å². The van der Waals surface area contributed by atoms with E-state index in [4.69, 9.17) is 10.2 Å². The summed E-state index contributed by atoms with van der Waals surface area (Å²) in [5, 5.41) is 15.6. The molecule has 4 rings (SSSR count). The van der Waals surface area contributed by atoms with Crippen LogP contribution >= 0.6 is 0 Å². The second-order valence-corrected chi connectivity index (χ2v) is 8.11. The summed E-state index contributed by atoms with van der Waals surface area (Å²) < 4.78 is 0. The quantitative estimate of drug-likeness (QED) is 0.551. The highest BCUT2D eigenvalue weighted by Crippen LogP contribution is 2.41. The molecule has 1 heterocycles. The number of likely N-dealkylation sites (tertiary alicyclic amines) is 1. The Bertz CT molecular complexity index is 830. The summed E-state index contributed by atoms with van der Waals surface area (Å²) in [5.74, 6) is -1.85. The van der Waals surface area contributed by atoms with Crippen LogP contribution in [0.3, 0.4) is 0 Å². The fourth-order valence-electron chi connectivity index (χ4n) is 4.73. The highest BCUT2D eigenvalue weighted by Gasteiger charge is 2.26. The van der Waals surface area contributed by atoms with Crippen molar-refractivity contribution >= 4 is 11.9 Å². The molecule has 0 bridgehead atoms. The number of carboxylic acid groups (broad SMARTS) is 2. The Hall–Kier alpha value is -2.66. The molecule has 1 atom stereocenters. The van der Waals surface area contributed by atoms with Gasteiger partial charge in [-0.05, 0) is 75.7 Å². The number of benzene rings is 1. The van der Waals surface area contributed by atoms with Crippen LogP contribution in [0.5, 0.6) is 0 Å². The van der Waals surface area contributed by atoms with Crippen molar-refractivity contribution in [3.8, 4) is 0 Å². The van der Waals surface area contributed by atoms with Gasteiger partial charge in [-0.15, -0.1) is 0 Å². The monoisotopic (exact) mass is 409 g/mol. The zero-order valence-electron chi connectivity index (χ0n) is 17.4. The first kappa shape index (κ1) is 22.0. The van der Waals surface area contributed by atoms with E-state index >= 15 is 0 Å². The number of fused-ring (bicyclic) bond motifs is 1. The lowest BCUT2D eigenvalue weighted by molar-refractivity contribution is -0.134. The molecule has 1 saturated heterocycles. The fourth-order valence-corrected chi connectivity index (χ4v) is 4.73. The Morgan fingerprint density at radius 3 is 2.33 bits per heavy atom. The number of hydrogen-bond donors (Lipinski definition) is 2. The second-order valence-electron chi connectivity index (χ2n) is 8.11. The number of nitrogens with zero attached hydrogens (tertiary/aromatic N) is 1. The lowest BCUT2D eigenvalue weighted by Gasteiger charge is -2.26. The van der Waals surface area contributed by atoms with Gasteiger partial charge in [-0.2, -0.15) is 0 Å². The third-order valence-electron chi connectivity index (χ3n) is 6.17. The molecule has 0 spiro atoms. The van der Waals surface area contributed by atoms with Crippen molar-refractivity contribution in [2.75, 3.05) is 19.6 Å². The average molecular weight is 410 g/mol. The summed E-state index contributed by atoms with van der Waals surface area (Å²) in [6.07, 6.45) is 14.9. The van der Waals surface area contributed by atoms with Crippen LogP contribution in [0, 0.1) is 0 Å². The number of aryl methyl sites for hydroxylation is 1. The summed E-state index contributed by atoms with van der Waals surface area (Å²) in [6.45, 7) is 3.92. The maximum Gasteiger partial charge on any atom is 0.328 e. The van der Waals surface area contributed by atoms with Gasteiger partial charge in [0.25, 0.3) is 0 Å². The largest absolute Gasteiger partial charge is 0.478 e. The third-order valence-corrected chi connectivity index (χ3v) is 6.17. The van der Waals surface area contributed by atoms with Crippen LogP contribution in [0.2, 0.25) is 0 Å². The van der Waals surface area contributed by atoms with E-state index in [2.05, 4.69) is 41.3 Å². The van der Waals surface area contributed by atoms with Gasteiger partial charge in [-0.25, -0.2) is 9.59 Å². The highest BCUT2D eigenvalue weighted by molar-refractivity contribution is 5.89. The zero-order valence-corrected chi connectivity index (χ0v) is 17.4. The molecule has 1 aromatic carbocycles. The second kappa shape index (κ2) is 10.9. The Kier molecular flexibility index (Phi) is 8.03. The average Bonchev–Trinajstić information content (AvgIpc) is 3.21. The molecule has 5 heteroatoms. The minimum absolute atomic E-state index is 0.558. The van der Waals surface area contributed by atoms with Gasteiger partial charge in [-0.1, -0.05) is 47.6 Å². The highest BCUT2D eigenvalue weighted by atomic mass is 16.4. The van der Waals surface area contributed by atoms with Crippen molar-refractivity contribution in [3.05, 3.63) is 70.8 Å². The van der Waals surface area contributed by atoms with Crippen LogP contribution in [0.1, 0.15) is 55.6 Å². The molecule has 1 fully saturated rings. The van der Waals surface area contributed by atoms with Crippen LogP contribution in [0.25, 0.3) is 0 Å². The van der Waals surface area contributed by atoms with Gasteiger partial charge in [-0.3, -0.25) is 0 Å². The summed E-state index contributed by atoms with van der Waals surface area (Å²) >= 11 is 0. The van der Waals surface area contributed by atoms with Gasteiger partial charge >= 0.3 is 11.9 Å². The summed E-state index contributed by atoms with van der Waals surface area (Å²) in [5.41, 5.74) is 6.72. The van der Waals surface area contributed by atoms with Crippen LogP contribution in [0.15, 0.2) is 59.7 Å². The lowest BCUT2D eigenvalue weighted by atomic mass is 9.81. The van der Waals surface area contributed by atoms with E-state index in [1.807, 2.05) is 0 Å². The smallest absolute Gasteiger partial charge is 0.328 e. The Balaban J connectivity index is 0.000000275. The summed E-state index contributed by atoms with van der Waals surface area (Å²) in [6, 6.07) is 9.23. The molecule has 1 aromatic rings. The fraction of sp³-hybridized carbons (Fsp3) is 0.440. The molecule has 2 aliphatic carbocycles. The molecular formula is C25H31NO4. The molecular weight excluding hydrogens is 378 g/mol. The number of carboxylic acids is 2. The van der Waals surface area contributed by atoms with Gasteiger partial charge < -0.3 is 15.1 Å². The standard InChI is InChI=1S/C21H27N.C4H4O4/c1-3-9-19-17(7-1)11-12-18-8-2-4-10-20(18)21(19)13-16-22-14-5-6-15-22;5-3(6)1-2-4(7)8/h1-4,7,9,21H,5-6,8,10-16H2;1-2H,(H,5,6)(H,7,8)/b;2-1-. The summed E-state index contributed by atoms with van der Waals surface area (Å²) in [7, 11) is 0. The van der Waals surface area contributed by atoms with Gasteiger partial charge in [0.15, 0.2) is 0 Å². The van der Waals surface area contributed by atoms with Crippen molar-refractivity contribution in [2.24, 2.45) is 0 Å². The van der Waals surface area contributed by atoms with Gasteiger partial charge in [0.2, 0.25) is 0 Å². The van der Waals surface area contributed by atoms with Crippen molar-refractivity contribution in [2.45, 2.75) is 50.9 Å². The Morgan fingerprint density at radius 2 is 1.63 bits per heavy atom. The maximum atomic E-state index is 9.55. The Morgan fingerprint density at radius 1 is 0.967 bits per heavy atom. The predicted molar refractivity (Wildman–Crippen MR) is 118 cm³/mol. The van der Waals surface area contributed by atoms with E-state index in [9.17, 15) is 9.59 Å². The molecule has 3 aliphatic rings. The van der Waals surface area contributed by atoms with Crippen molar-refractivity contribution < 1.29 is 19.8 Å². The lowest BCUT2D eigenvalue weighted by Crippen LogP contribution is -2.23. The van der Waals surface area contributed by atoms with E-state index < -0.39 is 11.9 Å². The first-order valence-electron chi connectivity index (χ1n) is 10.8. The number of hydrogen-bond acceptors (Lipinski definition) is 3. The van der Waals surface area contributed by atoms with E-state index in [0.29, 0.717) is 18.1 Å². The minimum Gasteiger partial charge on any atom is -0.478 e. The number of aliphatic carboxylic acids is 2.